The van der Waals surface area contributed by atoms with Crippen molar-refractivity contribution in [2.45, 2.75) is 43.9 Å². The van der Waals surface area contributed by atoms with Crippen LogP contribution in [0.25, 0.3) is 0 Å². The van der Waals surface area contributed by atoms with Gasteiger partial charge in [0.15, 0.2) is 0 Å². The first-order valence-electron chi connectivity index (χ1n) is 6.27. The summed E-state index contributed by atoms with van der Waals surface area (Å²) in [5, 5.41) is 3.38. The Morgan fingerprint density at radius 1 is 1.39 bits per heavy atom. The second-order valence-electron chi connectivity index (χ2n) is 4.92. The average Bonchev–Trinajstić information content (AvgIpc) is 2.95. The number of furan rings is 1. The number of hydrogen-bond acceptors (Lipinski definition) is 4. The maximum atomic E-state index is 11.5. The fourth-order valence-corrected chi connectivity index (χ4v) is 3.00. The van der Waals surface area contributed by atoms with Gasteiger partial charge in [0.25, 0.3) is 10.0 Å². The monoisotopic (exact) mass is 272 g/mol. The number of rotatable bonds is 5. The third-order valence-corrected chi connectivity index (χ3v) is 4.72. The van der Waals surface area contributed by atoms with Crippen LogP contribution in [0.3, 0.4) is 0 Å². The zero-order valence-corrected chi connectivity index (χ0v) is 11.6. The van der Waals surface area contributed by atoms with Gasteiger partial charge in [-0.25, -0.2) is 13.1 Å². The van der Waals surface area contributed by atoms with Gasteiger partial charge in [0.2, 0.25) is 5.09 Å². The van der Waals surface area contributed by atoms with Gasteiger partial charge in [-0.15, -0.1) is 0 Å². The molecule has 6 heteroatoms. The molecule has 0 saturated heterocycles. The summed E-state index contributed by atoms with van der Waals surface area (Å²) < 4.78 is 30.5. The molecule has 18 heavy (non-hydrogen) atoms. The molecule has 1 heterocycles. The Labute approximate surface area is 108 Å². The summed E-state index contributed by atoms with van der Waals surface area (Å²) in [6.45, 7) is 2.84. The Kier molecular flexibility index (Phi) is 4.09. The Bertz CT molecular complexity index is 495. The van der Waals surface area contributed by atoms with E-state index in [4.69, 9.17) is 4.42 Å². The molecular weight excluding hydrogens is 252 g/mol. The van der Waals surface area contributed by atoms with Gasteiger partial charge in [-0.05, 0) is 44.4 Å². The fourth-order valence-electron chi connectivity index (χ4n) is 2.34. The summed E-state index contributed by atoms with van der Waals surface area (Å²) in [5.41, 5.74) is 0. The summed E-state index contributed by atoms with van der Waals surface area (Å²) in [6.07, 6.45) is 3.63. The van der Waals surface area contributed by atoms with Crippen LogP contribution in [0.5, 0.6) is 0 Å². The van der Waals surface area contributed by atoms with Gasteiger partial charge in [0.1, 0.15) is 5.76 Å². The van der Waals surface area contributed by atoms with Crippen molar-refractivity contribution in [2.75, 3.05) is 7.05 Å². The van der Waals surface area contributed by atoms with Gasteiger partial charge in [-0.2, -0.15) is 0 Å². The molecular formula is C12H20N2O3S. The van der Waals surface area contributed by atoms with Crippen LogP contribution in [0.2, 0.25) is 0 Å². The molecule has 1 saturated carbocycles. The summed E-state index contributed by atoms with van der Waals surface area (Å²) >= 11 is 0. The number of sulfonamides is 1. The Hall–Kier alpha value is -0.850. The maximum absolute atomic E-state index is 11.5. The lowest BCUT2D eigenvalue weighted by Gasteiger charge is -2.10. The molecule has 2 N–H and O–H groups in total. The lowest BCUT2D eigenvalue weighted by molar-refractivity contribution is 0.385. The Morgan fingerprint density at radius 2 is 2.17 bits per heavy atom. The minimum Gasteiger partial charge on any atom is -0.447 e. The third-order valence-electron chi connectivity index (χ3n) is 3.43. The van der Waals surface area contributed by atoms with E-state index in [2.05, 4.69) is 17.0 Å². The molecule has 1 aliphatic carbocycles. The van der Waals surface area contributed by atoms with E-state index in [-0.39, 0.29) is 5.09 Å². The standard InChI is InChI=1S/C12H20N2O3S/c1-9-3-4-10(7-9)14-8-11-5-6-12(17-11)18(15,16)13-2/h5-6,9-10,13-14H,3-4,7-8H2,1-2H3. The van der Waals surface area contributed by atoms with Crippen molar-refractivity contribution in [3.05, 3.63) is 17.9 Å². The first-order valence-corrected chi connectivity index (χ1v) is 7.75. The van der Waals surface area contributed by atoms with Gasteiger partial charge >= 0.3 is 0 Å². The molecule has 0 aromatic carbocycles. The second-order valence-corrected chi connectivity index (χ2v) is 6.74. The van der Waals surface area contributed by atoms with E-state index in [1.54, 1.807) is 6.07 Å². The van der Waals surface area contributed by atoms with Gasteiger partial charge in [-0.1, -0.05) is 6.92 Å². The van der Waals surface area contributed by atoms with Crippen molar-refractivity contribution in [3.8, 4) is 0 Å². The highest BCUT2D eigenvalue weighted by Gasteiger charge is 2.21. The quantitative estimate of drug-likeness (QED) is 0.851. The first kappa shape index (κ1) is 13.6. The number of nitrogens with one attached hydrogen (secondary N) is 2. The van der Waals surface area contributed by atoms with Gasteiger partial charge in [-0.3, -0.25) is 0 Å². The molecule has 0 aliphatic heterocycles. The molecule has 2 rings (SSSR count). The van der Waals surface area contributed by atoms with Gasteiger partial charge < -0.3 is 9.73 Å². The molecule has 1 aromatic rings. The van der Waals surface area contributed by atoms with Gasteiger partial charge in [0, 0.05) is 6.04 Å². The van der Waals surface area contributed by atoms with Crippen molar-refractivity contribution >= 4 is 10.0 Å². The minimum atomic E-state index is -3.47. The first-order chi connectivity index (χ1) is 8.51. The van der Waals surface area contributed by atoms with Crippen LogP contribution in [0.15, 0.2) is 21.6 Å². The molecule has 5 nitrogen and oxygen atoms in total. The molecule has 1 aliphatic rings. The molecule has 1 fully saturated rings. The lowest BCUT2D eigenvalue weighted by atomic mass is 10.1. The second kappa shape index (κ2) is 5.42. The van der Waals surface area contributed by atoms with E-state index in [1.165, 1.54) is 32.4 Å². The smallest absolute Gasteiger partial charge is 0.273 e. The summed E-state index contributed by atoms with van der Waals surface area (Å²) in [4.78, 5) is 0. The van der Waals surface area contributed by atoms with Crippen LogP contribution in [0, 0.1) is 5.92 Å². The van der Waals surface area contributed by atoms with Crippen molar-refractivity contribution < 1.29 is 12.8 Å². The zero-order valence-electron chi connectivity index (χ0n) is 10.8. The predicted molar refractivity (Wildman–Crippen MR) is 68.6 cm³/mol. The molecule has 2 atom stereocenters. The molecule has 0 amide bonds. The molecule has 0 spiro atoms. The molecule has 0 bridgehead atoms. The normalized spacial score (nSPS) is 24.6. The van der Waals surface area contributed by atoms with Crippen molar-refractivity contribution in [2.24, 2.45) is 5.92 Å². The van der Waals surface area contributed by atoms with Crippen LogP contribution in [-0.2, 0) is 16.6 Å². The average molecular weight is 272 g/mol. The minimum absolute atomic E-state index is 0.0263. The van der Waals surface area contributed by atoms with Crippen LogP contribution in [-0.4, -0.2) is 21.5 Å². The SMILES string of the molecule is CNS(=O)(=O)c1ccc(CNC2CCC(C)C2)o1. The zero-order chi connectivity index (χ0) is 13.2. The predicted octanol–water partition coefficient (Wildman–Crippen LogP) is 1.47. The molecule has 0 radical (unpaired) electrons. The number of hydrogen-bond donors (Lipinski definition) is 2. The van der Waals surface area contributed by atoms with E-state index >= 15 is 0 Å². The van der Waals surface area contributed by atoms with E-state index in [0.717, 1.165) is 5.92 Å². The largest absolute Gasteiger partial charge is 0.447 e. The highest BCUT2D eigenvalue weighted by atomic mass is 32.2. The molecule has 102 valence electrons. The highest BCUT2D eigenvalue weighted by molar-refractivity contribution is 7.89. The lowest BCUT2D eigenvalue weighted by Crippen LogP contribution is -2.25. The Morgan fingerprint density at radius 3 is 2.78 bits per heavy atom. The van der Waals surface area contributed by atoms with E-state index < -0.39 is 10.0 Å². The fraction of sp³-hybridized carbons (Fsp3) is 0.667. The molecule has 2 unspecified atom stereocenters. The van der Waals surface area contributed by atoms with Gasteiger partial charge in [0.05, 0.1) is 6.54 Å². The van der Waals surface area contributed by atoms with Crippen LogP contribution < -0.4 is 10.0 Å². The van der Waals surface area contributed by atoms with E-state index in [0.29, 0.717) is 18.3 Å². The summed E-state index contributed by atoms with van der Waals surface area (Å²) in [6, 6.07) is 3.71. The van der Waals surface area contributed by atoms with Crippen LogP contribution in [0.1, 0.15) is 31.9 Å². The summed E-state index contributed by atoms with van der Waals surface area (Å²) in [5.74, 6) is 1.43. The summed E-state index contributed by atoms with van der Waals surface area (Å²) in [7, 11) is -2.10. The topological polar surface area (TPSA) is 71.3 Å². The highest BCUT2D eigenvalue weighted by Crippen LogP contribution is 2.25. The van der Waals surface area contributed by atoms with Crippen LogP contribution >= 0.6 is 0 Å². The van der Waals surface area contributed by atoms with Crippen LogP contribution in [0.4, 0.5) is 0 Å². The maximum Gasteiger partial charge on any atom is 0.273 e. The van der Waals surface area contributed by atoms with E-state index in [1.807, 2.05) is 0 Å². The Balaban J connectivity index is 1.91. The molecule has 1 aromatic heterocycles. The van der Waals surface area contributed by atoms with Crippen molar-refractivity contribution in [1.82, 2.24) is 10.0 Å². The van der Waals surface area contributed by atoms with Crippen molar-refractivity contribution in [3.63, 3.8) is 0 Å². The van der Waals surface area contributed by atoms with Crippen molar-refractivity contribution in [1.29, 1.82) is 0 Å². The third kappa shape index (κ3) is 3.13. The van der Waals surface area contributed by atoms with E-state index in [9.17, 15) is 8.42 Å².